The predicted octanol–water partition coefficient (Wildman–Crippen LogP) is 3.14. The van der Waals surface area contributed by atoms with E-state index in [1.54, 1.807) is 42.2 Å². The van der Waals surface area contributed by atoms with Crippen molar-refractivity contribution in [1.29, 1.82) is 0 Å². The molecule has 1 N–H and O–H groups in total. The SMILES string of the molecule is Cn1ncc2c3[nH]n(-c4cccc(F)c4)c(=O)c3c(-c3ccc4c(c3)OCO4)nc21. The lowest BCUT2D eigenvalue weighted by atomic mass is 10.1. The largest absolute Gasteiger partial charge is 0.454 e. The Morgan fingerprint density at radius 2 is 2.00 bits per heavy atom. The van der Waals surface area contributed by atoms with Crippen molar-refractivity contribution in [2.75, 3.05) is 6.79 Å². The number of hydrogen-bond donors (Lipinski definition) is 1. The number of aryl methyl sites for hydroxylation is 1. The van der Waals surface area contributed by atoms with E-state index in [0.29, 0.717) is 50.4 Å². The molecule has 1 aliphatic heterocycles. The summed E-state index contributed by atoms with van der Waals surface area (Å²) in [5.41, 5.74) is 2.44. The molecule has 6 rings (SSSR count). The molecule has 0 saturated heterocycles. The Morgan fingerprint density at radius 1 is 1.13 bits per heavy atom. The number of fused-ring (bicyclic) bond motifs is 4. The van der Waals surface area contributed by atoms with Gasteiger partial charge in [-0.05, 0) is 36.4 Å². The highest BCUT2D eigenvalue weighted by atomic mass is 19.1. The van der Waals surface area contributed by atoms with Crippen LogP contribution in [0.1, 0.15) is 0 Å². The number of halogens is 1. The maximum Gasteiger partial charge on any atom is 0.281 e. The molecule has 0 bridgehead atoms. The summed E-state index contributed by atoms with van der Waals surface area (Å²) in [5.74, 6) is 0.801. The molecule has 0 aliphatic carbocycles. The van der Waals surface area contributed by atoms with Crippen molar-refractivity contribution in [3.8, 4) is 28.4 Å². The number of ether oxygens (including phenoxy) is 2. The summed E-state index contributed by atoms with van der Waals surface area (Å²) < 4.78 is 27.6. The molecule has 9 heteroatoms. The topological polar surface area (TPSA) is 87.0 Å². The third-order valence-corrected chi connectivity index (χ3v) is 5.23. The zero-order chi connectivity index (χ0) is 20.4. The van der Waals surface area contributed by atoms with Crippen LogP contribution in [0.25, 0.3) is 38.9 Å². The molecule has 4 heterocycles. The van der Waals surface area contributed by atoms with Crippen molar-refractivity contribution in [2.24, 2.45) is 7.05 Å². The van der Waals surface area contributed by atoms with Crippen molar-refractivity contribution in [1.82, 2.24) is 24.5 Å². The van der Waals surface area contributed by atoms with E-state index < -0.39 is 5.82 Å². The zero-order valence-electron chi connectivity index (χ0n) is 15.7. The number of nitrogens with zero attached hydrogens (tertiary/aromatic N) is 4. The van der Waals surface area contributed by atoms with Gasteiger partial charge >= 0.3 is 0 Å². The van der Waals surface area contributed by atoms with Crippen molar-refractivity contribution < 1.29 is 13.9 Å². The Kier molecular flexibility index (Phi) is 3.32. The van der Waals surface area contributed by atoms with Crippen molar-refractivity contribution in [3.05, 3.63) is 64.8 Å². The fourth-order valence-corrected chi connectivity index (χ4v) is 3.80. The molecule has 30 heavy (non-hydrogen) atoms. The first-order valence-electron chi connectivity index (χ1n) is 9.22. The first-order valence-corrected chi connectivity index (χ1v) is 9.22. The van der Waals surface area contributed by atoms with Crippen LogP contribution >= 0.6 is 0 Å². The highest BCUT2D eigenvalue weighted by molar-refractivity contribution is 6.07. The van der Waals surface area contributed by atoms with Gasteiger partial charge in [-0.2, -0.15) is 5.10 Å². The highest BCUT2D eigenvalue weighted by Crippen LogP contribution is 2.37. The smallest absolute Gasteiger partial charge is 0.281 e. The number of aromatic nitrogens is 5. The average molecular weight is 403 g/mol. The molecule has 5 aromatic rings. The van der Waals surface area contributed by atoms with Gasteiger partial charge in [-0.25, -0.2) is 14.1 Å². The molecule has 2 aromatic carbocycles. The minimum Gasteiger partial charge on any atom is -0.454 e. The molecule has 0 saturated carbocycles. The molecule has 0 radical (unpaired) electrons. The van der Waals surface area contributed by atoms with E-state index in [2.05, 4.69) is 10.2 Å². The normalized spacial score (nSPS) is 12.9. The monoisotopic (exact) mass is 403 g/mol. The number of pyridine rings is 1. The Hall–Kier alpha value is -4.14. The van der Waals surface area contributed by atoms with Gasteiger partial charge in [0.15, 0.2) is 17.1 Å². The lowest BCUT2D eigenvalue weighted by molar-refractivity contribution is 0.174. The van der Waals surface area contributed by atoms with Crippen LogP contribution in [-0.2, 0) is 7.05 Å². The minimum absolute atomic E-state index is 0.152. The van der Waals surface area contributed by atoms with Gasteiger partial charge in [-0.1, -0.05) is 6.07 Å². The Morgan fingerprint density at radius 3 is 2.87 bits per heavy atom. The molecule has 8 nitrogen and oxygen atoms in total. The van der Waals surface area contributed by atoms with Gasteiger partial charge in [-0.15, -0.1) is 0 Å². The third kappa shape index (κ3) is 2.29. The summed E-state index contributed by atoms with van der Waals surface area (Å²) in [7, 11) is 1.78. The van der Waals surface area contributed by atoms with E-state index in [0.717, 1.165) is 0 Å². The zero-order valence-corrected chi connectivity index (χ0v) is 15.7. The Balaban J connectivity index is 1.71. The molecule has 3 aromatic heterocycles. The fraction of sp³-hybridized carbons (Fsp3) is 0.0952. The van der Waals surface area contributed by atoms with Gasteiger partial charge < -0.3 is 9.47 Å². The molecule has 148 valence electrons. The summed E-state index contributed by atoms with van der Waals surface area (Å²) in [4.78, 5) is 18.1. The van der Waals surface area contributed by atoms with Crippen molar-refractivity contribution in [2.45, 2.75) is 0 Å². The van der Waals surface area contributed by atoms with E-state index in [-0.39, 0.29) is 12.4 Å². The molecular formula is C21H14FN5O3. The highest BCUT2D eigenvalue weighted by Gasteiger charge is 2.22. The van der Waals surface area contributed by atoms with Crippen LogP contribution in [-0.4, -0.2) is 31.3 Å². The van der Waals surface area contributed by atoms with Gasteiger partial charge in [0.05, 0.1) is 33.9 Å². The van der Waals surface area contributed by atoms with E-state index in [1.807, 2.05) is 6.07 Å². The van der Waals surface area contributed by atoms with Crippen LogP contribution < -0.4 is 15.0 Å². The molecule has 1 aliphatic rings. The number of benzene rings is 2. The van der Waals surface area contributed by atoms with Crippen LogP contribution in [0.3, 0.4) is 0 Å². The summed E-state index contributed by atoms with van der Waals surface area (Å²) in [6, 6.07) is 11.3. The number of rotatable bonds is 2. The minimum atomic E-state index is -0.432. The third-order valence-electron chi connectivity index (χ3n) is 5.23. The second kappa shape index (κ2) is 5.93. The van der Waals surface area contributed by atoms with Crippen LogP contribution in [0.2, 0.25) is 0 Å². The Bertz CT molecular complexity index is 1530. The van der Waals surface area contributed by atoms with Crippen LogP contribution in [0, 0.1) is 5.82 Å². The molecule has 0 unspecified atom stereocenters. The van der Waals surface area contributed by atoms with Gasteiger partial charge in [0, 0.05) is 12.6 Å². The molecule has 0 atom stereocenters. The first-order chi connectivity index (χ1) is 14.6. The standard InChI is InChI=1S/C21H14FN5O3/c1-26-20-14(9-23-26)19-17(21(28)27(25-19)13-4-2-3-12(22)8-13)18(24-20)11-5-6-15-16(7-11)30-10-29-15/h2-9,25H,10H2,1H3. The summed E-state index contributed by atoms with van der Waals surface area (Å²) in [5, 5.41) is 8.48. The molecule has 0 spiro atoms. The molecule has 0 amide bonds. The Labute approximate surface area is 168 Å². The van der Waals surface area contributed by atoms with Crippen molar-refractivity contribution in [3.63, 3.8) is 0 Å². The molecular weight excluding hydrogens is 389 g/mol. The summed E-state index contributed by atoms with van der Waals surface area (Å²) in [6.45, 7) is 0.152. The number of nitrogens with one attached hydrogen (secondary N) is 1. The second-order valence-corrected chi connectivity index (χ2v) is 7.02. The average Bonchev–Trinajstić information content (AvgIpc) is 3.45. The first kappa shape index (κ1) is 16.8. The van der Waals surface area contributed by atoms with E-state index in [4.69, 9.17) is 14.5 Å². The lowest BCUT2D eigenvalue weighted by Crippen LogP contribution is -2.15. The fourth-order valence-electron chi connectivity index (χ4n) is 3.80. The van der Waals surface area contributed by atoms with Gasteiger partial charge in [0.1, 0.15) is 5.82 Å². The van der Waals surface area contributed by atoms with Gasteiger partial charge in [-0.3, -0.25) is 14.6 Å². The van der Waals surface area contributed by atoms with Crippen LogP contribution in [0.5, 0.6) is 11.5 Å². The number of aromatic amines is 1. The van der Waals surface area contributed by atoms with Crippen molar-refractivity contribution >= 4 is 21.9 Å². The van der Waals surface area contributed by atoms with Crippen LogP contribution in [0.15, 0.2) is 53.5 Å². The van der Waals surface area contributed by atoms with Gasteiger partial charge in [0.25, 0.3) is 5.56 Å². The summed E-state index contributed by atoms with van der Waals surface area (Å²) in [6.07, 6.45) is 1.65. The predicted molar refractivity (Wildman–Crippen MR) is 107 cm³/mol. The van der Waals surface area contributed by atoms with E-state index in [1.165, 1.54) is 16.8 Å². The van der Waals surface area contributed by atoms with Gasteiger partial charge in [0.2, 0.25) is 6.79 Å². The van der Waals surface area contributed by atoms with E-state index >= 15 is 0 Å². The van der Waals surface area contributed by atoms with Crippen LogP contribution in [0.4, 0.5) is 4.39 Å². The maximum atomic E-state index is 13.8. The number of hydrogen-bond acceptors (Lipinski definition) is 5. The maximum absolute atomic E-state index is 13.8. The summed E-state index contributed by atoms with van der Waals surface area (Å²) >= 11 is 0. The van der Waals surface area contributed by atoms with E-state index in [9.17, 15) is 9.18 Å². The second-order valence-electron chi connectivity index (χ2n) is 7.02. The number of H-pyrrole nitrogens is 1. The molecule has 0 fully saturated rings. The quantitative estimate of drug-likeness (QED) is 0.489. The lowest BCUT2D eigenvalue weighted by Gasteiger charge is -2.05.